The van der Waals surface area contributed by atoms with Crippen molar-refractivity contribution < 1.29 is 5.11 Å². The second-order valence-electron chi connectivity index (χ2n) is 4.72. The molecule has 0 amide bonds. The fourth-order valence-corrected chi connectivity index (χ4v) is 2.28. The molecule has 0 radical (unpaired) electrons. The number of aliphatic hydroxyl groups excluding tert-OH is 1. The molecule has 0 aromatic carbocycles. The third-order valence-electron chi connectivity index (χ3n) is 3.41. The zero-order valence-corrected chi connectivity index (χ0v) is 8.41. The molecule has 1 aliphatic carbocycles. The van der Waals surface area contributed by atoms with Gasteiger partial charge in [0.15, 0.2) is 0 Å². The van der Waals surface area contributed by atoms with Crippen molar-refractivity contribution in [2.75, 3.05) is 26.2 Å². The van der Waals surface area contributed by atoms with Crippen LogP contribution in [0, 0.1) is 11.8 Å². The van der Waals surface area contributed by atoms with Gasteiger partial charge in [-0.3, -0.25) is 0 Å². The Hall–Kier alpha value is -0.0800. The Morgan fingerprint density at radius 3 is 2.69 bits per heavy atom. The van der Waals surface area contributed by atoms with Gasteiger partial charge in [-0.15, -0.1) is 0 Å². The summed E-state index contributed by atoms with van der Waals surface area (Å²) in [4.78, 5) is 2.54. The third-order valence-corrected chi connectivity index (χ3v) is 3.41. The fraction of sp³-hybridized carbons (Fsp3) is 1.00. The van der Waals surface area contributed by atoms with Gasteiger partial charge in [0.25, 0.3) is 0 Å². The minimum Gasteiger partial charge on any atom is -0.396 e. The Labute approximate surface area is 80.9 Å². The summed E-state index contributed by atoms with van der Waals surface area (Å²) in [7, 11) is 0. The molecule has 0 bridgehead atoms. The van der Waals surface area contributed by atoms with Crippen molar-refractivity contribution in [1.29, 1.82) is 0 Å². The molecule has 0 aromatic heterocycles. The van der Waals surface area contributed by atoms with Crippen LogP contribution < -0.4 is 0 Å². The van der Waals surface area contributed by atoms with Gasteiger partial charge in [-0.2, -0.15) is 0 Å². The first-order valence-electron chi connectivity index (χ1n) is 5.71. The number of piperidine rings is 1. The maximum absolute atomic E-state index is 9.07. The summed E-state index contributed by atoms with van der Waals surface area (Å²) in [5, 5.41) is 9.07. The van der Waals surface area contributed by atoms with E-state index in [0.717, 1.165) is 12.5 Å². The molecule has 76 valence electrons. The first kappa shape index (κ1) is 9.47. The molecule has 1 saturated heterocycles. The van der Waals surface area contributed by atoms with E-state index in [1.807, 2.05) is 0 Å². The molecule has 1 N–H and O–H groups in total. The van der Waals surface area contributed by atoms with Gasteiger partial charge in [0, 0.05) is 13.2 Å². The number of hydrogen-bond acceptors (Lipinski definition) is 2. The normalized spacial score (nSPS) is 30.7. The lowest BCUT2D eigenvalue weighted by atomic mass is 9.99. The summed E-state index contributed by atoms with van der Waals surface area (Å²) < 4.78 is 0. The van der Waals surface area contributed by atoms with E-state index in [2.05, 4.69) is 4.90 Å². The molecule has 1 unspecified atom stereocenters. The number of rotatable bonds is 4. The third kappa shape index (κ3) is 2.96. The van der Waals surface area contributed by atoms with Crippen molar-refractivity contribution in [3.05, 3.63) is 0 Å². The van der Waals surface area contributed by atoms with Gasteiger partial charge in [0.2, 0.25) is 0 Å². The Morgan fingerprint density at radius 2 is 2.00 bits per heavy atom. The van der Waals surface area contributed by atoms with Crippen LogP contribution in [0.4, 0.5) is 0 Å². The van der Waals surface area contributed by atoms with Gasteiger partial charge in [-0.1, -0.05) is 12.8 Å². The minimum atomic E-state index is 0.389. The van der Waals surface area contributed by atoms with Crippen LogP contribution in [0.1, 0.15) is 32.1 Å². The molecule has 2 aliphatic rings. The smallest absolute Gasteiger partial charge is 0.0471 e. The molecule has 1 saturated carbocycles. The predicted molar refractivity (Wildman–Crippen MR) is 53.6 cm³/mol. The molecule has 0 spiro atoms. The van der Waals surface area contributed by atoms with Crippen LogP contribution >= 0.6 is 0 Å². The summed E-state index contributed by atoms with van der Waals surface area (Å²) in [6.45, 7) is 4.08. The average Bonchev–Trinajstić information content (AvgIpc) is 2.99. The minimum absolute atomic E-state index is 0.389. The molecule has 2 fully saturated rings. The van der Waals surface area contributed by atoms with Crippen LogP contribution in [0.15, 0.2) is 0 Å². The zero-order chi connectivity index (χ0) is 9.10. The molecule has 1 aliphatic heterocycles. The average molecular weight is 183 g/mol. The van der Waals surface area contributed by atoms with E-state index < -0.39 is 0 Å². The Balaban J connectivity index is 1.65. The van der Waals surface area contributed by atoms with E-state index in [1.165, 1.54) is 45.2 Å². The lowest BCUT2D eigenvalue weighted by Gasteiger charge is -2.31. The maximum Gasteiger partial charge on any atom is 0.0471 e. The SMILES string of the molecule is OCC1CCCN(CCC2CC2)C1. The van der Waals surface area contributed by atoms with Crippen molar-refractivity contribution >= 4 is 0 Å². The predicted octanol–water partition coefficient (Wildman–Crippen LogP) is 1.49. The standard InChI is InChI=1S/C11H21NO/c13-9-11-2-1-6-12(8-11)7-5-10-3-4-10/h10-11,13H,1-9H2. The fourth-order valence-electron chi connectivity index (χ4n) is 2.28. The van der Waals surface area contributed by atoms with Crippen LogP contribution in [0.3, 0.4) is 0 Å². The molecule has 13 heavy (non-hydrogen) atoms. The molecule has 2 nitrogen and oxygen atoms in total. The highest BCUT2D eigenvalue weighted by molar-refractivity contribution is 4.77. The first-order valence-corrected chi connectivity index (χ1v) is 5.71. The van der Waals surface area contributed by atoms with Crippen molar-refractivity contribution in [2.45, 2.75) is 32.1 Å². The van der Waals surface area contributed by atoms with E-state index in [0.29, 0.717) is 12.5 Å². The second-order valence-corrected chi connectivity index (χ2v) is 4.72. The highest BCUT2D eigenvalue weighted by atomic mass is 16.3. The van der Waals surface area contributed by atoms with Gasteiger partial charge in [-0.25, -0.2) is 0 Å². The zero-order valence-electron chi connectivity index (χ0n) is 8.41. The van der Waals surface area contributed by atoms with Crippen LogP contribution in [0.2, 0.25) is 0 Å². The Morgan fingerprint density at radius 1 is 1.15 bits per heavy atom. The van der Waals surface area contributed by atoms with Gasteiger partial charge in [-0.05, 0) is 44.2 Å². The van der Waals surface area contributed by atoms with E-state index in [1.54, 1.807) is 0 Å². The van der Waals surface area contributed by atoms with Crippen molar-refractivity contribution in [2.24, 2.45) is 11.8 Å². The molecule has 2 heteroatoms. The Kier molecular flexibility index (Phi) is 3.23. The lowest BCUT2D eigenvalue weighted by molar-refractivity contribution is 0.118. The summed E-state index contributed by atoms with van der Waals surface area (Å²) in [5.41, 5.74) is 0. The van der Waals surface area contributed by atoms with Crippen molar-refractivity contribution in [3.63, 3.8) is 0 Å². The number of likely N-dealkylation sites (tertiary alicyclic amines) is 1. The van der Waals surface area contributed by atoms with Crippen LogP contribution in [0.5, 0.6) is 0 Å². The number of nitrogens with zero attached hydrogens (tertiary/aromatic N) is 1. The van der Waals surface area contributed by atoms with Crippen LogP contribution in [0.25, 0.3) is 0 Å². The topological polar surface area (TPSA) is 23.5 Å². The molecular weight excluding hydrogens is 162 g/mol. The number of hydrogen-bond donors (Lipinski definition) is 1. The monoisotopic (exact) mass is 183 g/mol. The van der Waals surface area contributed by atoms with E-state index in [4.69, 9.17) is 5.11 Å². The van der Waals surface area contributed by atoms with E-state index in [-0.39, 0.29) is 0 Å². The second kappa shape index (κ2) is 4.43. The quantitative estimate of drug-likeness (QED) is 0.714. The maximum atomic E-state index is 9.07. The molecule has 1 heterocycles. The lowest BCUT2D eigenvalue weighted by Crippen LogP contribution is -2.37. The summed E-state index contributed by atoms with van der Waals surface area (Å²) in [5.74, 6) is 1.61. The van der Waals surface area contributed by atoms with Crippen molar-refractivity contribution in [3.8, 4) is 0 Å². The van der Waals surface area contributed by atoms with Crippen LogP contribution in [-0.2, 0) is 0 Å². The number of aliphatic hydroxyl groups is 1. The van der Waals surface area contributed by atoms with Gasteiger partial charge in [0.05, 0.1) is 0 Å². The highest BCUT2D eigenvalue weighted by Gasteiger charge is 2.24. The summed E-state index contributed by atoms with van der Waals surface area (Å²) in [6, 6.07) is 0. The van der Waals surface area contributed by atoms with E-state index in [9.17, 15) is 0 Å². The molecule has 2 rings (SSSR count). The van der Waals surface area contributed by atoms with E-state index >= 15 is 0 Å². The van der Waals surface area contributed by atoms with Crippen LogP contribution in [-0.4, -0.2) is 36.2 Å². The van der Waals surface area contributed by atoms with Gasteiger partial charge in [0.1, 0.15) is 0 Å². The van der Waals surface area contributed by atoms with Gasteiger partial charge < -0.3 is 10.0 Å². The summed E-state index contributed by atoms with van der Waals surface area (Å²) in [6.07, 6.45) is 6.86. The summed E-state index contributed by atoms with van der Waals surface area (Å²) >= 11 is 0. The highest BCUT2D eigenvalue weighted by Crippen LogP contribution is 2.32. The molecular formula is C11H21NO. The largest absolute Gasteiger partial charge is 0.396 e. The van der Waals surface area contributed by atoms with Crippen molar-refractivity contribution in [1.82, 2.24) is 4.90 Å². The first-order chi connectivity index (χ1) is 6.38. The molecule has 0 aromatic rings. The van der Waals surface area contributed by atoms with Gasteiger partial charge >= 0.3 is 0 Å². The Bertz CT molecular complexity index is 156. The molecule has 1 atom stereocenters.